The van der Waals surface area contributed by atoms with Crippen LogP contribution in [0.5, 0.6) is 0 Å². The Hall–Kier alpha value is -1.10. The van der Waals surface area contributed by atoms with Crippen molar-refractivity contribution < 1.29 is 19.1 Å². The Kier molecular flexibility index (Phi) is 2.09. The molecular formula is C6H9NO4. The quantitative estimate of drug-likeness (QED) is 0.538. The van der Waals surface area contributed by atoms with Crippen molar-refractivity contribution in [2.24, 2.45) is 0 Å². The van der Waals surface area contributed by atoms with E-state index in [0.717, 1.165) is 4.90 Å². The van der Waals surface area contributed by atoms with Crippen molar-refractivity contribution in [3.63, 3.8) is 0 Å². The molecule has 11 heavy (non-hydrogen) atoms. The molecule has 5 nitrogen and oxygen atoms in total. The average Bonchev–Trinajstić information content (AvgIpc) is 2.30. The number of hydrogen-bond acceptors (Lipinski definition) is 4. The van der Waals surface area contributed by atoms with E-state index in [1.807, 2.05) is 0 Å². The maximum atomic E-state index is 10.8. The highest BCUT2D eigenvalue weighted by atomic mass is 16.6. The summed E-state index contributed by atoms with van der Waals surface area (Å²) >= 11 is 0. The van der Waals surface area contributed by atoms with Gasteiger partial charge in [0.05, 0.1) is 0 Å². The highest BCUT2D eigenvalue weighted by Crippen LogP contribution is 2.12. The number of ether oxygens (including phenoxy) is 2. The molecule has 1 saturated heterocycles. The lowest BCUT2D eigenvalue weighted by Crippen LogP contribution is -2.38. The molecule has 0 radical (unpaired) electrons. The summed E-state index contributed by atoms with van der Waals surface area (Å²) in [7, 11) is 1.42. The van der Waals surface area contributed by atoms with Gasteiger partial charge < -0.3 is 9.47 Å². The van der Waals surface area contributed by atoms with Crippen molar-refractivity contribution >= 4 is 12.0 Å². The van der Waals surface area contributed by atoms with Crippen LogP contribution in [0, 0.1) is 0 Å². The third kappa shape index (κ3) is 1.32. The van der Waals surface area contributed by atoms with E-state index in [4.69, 9.17) is 4.74 Å². The van der Waals surface area contributed by atoms with E-state index < -0.39 is 12.3 Å². The first-order chi connectivity index (χ1) is 5.16. The first kappa shape index (κ1) is 8.00. The lowest BCUT2D eigenvalue weighted by atomic mass is 10.5. The molecule has 5 heteroatoms. The van der Waals surface area contributed by atoms with E-state index in [2.05, 4.69) is 4.74 Å². The van der Waals surface area contributed by atoms with Gasteiger partial charge in [-0.25, -0.2) is 9.69 Å². The second-order valence-corrected chi connectivity index (χ2v) is 2.16. The lowest BCUT2D eigenvalue weighted by Gasteiger charge is -2.14. The molecule has 0 aliphatic carbocycles. The van der Waals surface area contributed by atoms with Crippen molar-refractivity contribution in [2.75, 3.05) is 13.7 Å². The first-order valence-electron chi connectivity index (χ1n) is 3.16. The molecule has 1 fully saturated rings. The van der Waals surface area contributed by atoms with Crippen LogP contribution < -0.4 is 0 Å². The summed E-state index contributed by atoms with van der Waals surface area (Å²) in [6.07, 6.45) is -1.19. The maximum absolute atomic E-state index is 10.8. The Morgan fingerprint density at radius 1 is 1.82 bits per heavy atom. The fourth-order valence-electron chi connectivity index (χ4n) is 0.909. The standard InChI is InChI=1S/C6H9NO4/c1-4(8)7-5(10-2)3-11-6(7)9/h5H,3H2,1-2H3. The smallest absolute Gasteiger partial charge is 0.418 e. The Balaban J connectivity index is 2.71. The van der Waals surface area contributed by atoms with E-state index in [1.165, 1.54) is 14.0 Å². The van der Waals surface area contributed by atoms with Gasteiger partial charge in [0.15, 0.2) is 6.23 Å². The number of carbonyl (C=O) groups excluding carboxylic acids is 2. The minimum atomic E-state index is -0.635. The lowest BCUT2D eigenvalue weighted by molar-refractivity contribution is -0.132. The minimum Gasteiger partial charge on any atom is -0.444 e. The second kappa shape index (κ2) is 2.87. The number of methoxy groups -OCH3 is 1. The number of imide groups is 1. The van der Waals surface area contributed by atoms with Crippen molar-refractivity contribution in [1.29, 1.82) is 0 Å². The largest absolute Gasteiger partial charge is 0.444 e. The highest BCUT2D eigenvalue weighted by molar-refractivity contribution is 5.91. The van der Waals surface area contributed by atoms with Crippen LogP contribution in [-0.4, -0.2) is 36.8 Å². The molecule has 1 unspecified atom stereocenters. The molecule has 62 valence electrons. The molecule has 0 N–H and O–H groups in total. The van der Waals surface area contributed by atoms with Crippen LogP contribution in [0.3, 0.4) is 0 Å². The summed E-state index contributed by atoms with van der Waals surface area (Å²) in [5, 5.41) is 0. The van der Waals surface area contributed by atoms with Gasteiger partial charge in [-0.05, 0) is 0 Å². The molecule has 2 amide bonds. The summed E-state index contributed by atoms with van der Waals surface area (Å²) in [6.45, 7) is 1.41. The van der Waals surface area contributed by atoms with Gasteiger partial charge in [0.1, 0.15) is 6.61 Å². The van der Waals surface area contributed by atoms with Crippen LogP contribution >= 0.6 is 0 Å². The summed E-state index contributed by atoms with van der Waals surface area (Å²) in [5.41, 5.74) is 0. The summed E-state index contributed by atoms with van der Waals surface area (Å²) in [4.78, 5) is 22.5. The van der Waals surface area contributed by atoms with Crippen LogP contribution in [0.25, 0.3) is 0 Å². The van der Waals surface area contributed by atoms with E-state index in [0.29, 0.717) is 0 Å². The van der Waals surface area contributed by atoms with E-state index in [-0.39, 0.29) is 12.5 Å². The zero-order valence-corrected chi connectivity index (χ0v) is 6.36. The van der Waals surface area contributed by atoms with Gasteiger partial charge in [0, 0.05) is 14.0 Å². The molecule has 1 aliphatic heterocycles. The molecule has 0 aromatic heterocycles. The number of amides is 2. The van der Waals surface area contributed by atoms with Crippen molar-refractivity contribution in [2.45, 2.75) is 13.2 Å². The summed E-state index contributed by atoms with van der Waals surface area (Å²) in [5.74, 6) is -0.362. The topological polar surface area (TPSA) is 55.8 Å². The molecule has 1 atom stereocenters. The zero-order valence-electron chi connectivity index (χ0n) is 6.36. The molecule has 0 spiro atoms. The molecular weight excluding hydrogens is 150 g/mol. The van der Waals surface area contributed by atoms with Crippen molar-refractivity contribution in [3.8, 4) is 0 Å². The predicted octanol–water partition coefficient (Wildman–Crippen LogP) is -0.0424. The monoisotopic (exact) mass is 159 g/mol. The van der Waals surface area contributed by atoms with Crippen LogP contribution in [0.1, 0.15) is 6.92 Å². The van der Waals surface area contributed by atoms with Crippen LogP contribution in [-0.2, 0) is 14.3 Å². The van der Waals surface area contributed by atoms with Crippen LogP contribution in [0.15, 0.2) is 0 Å². The Morgan fingerprint density at radius 2 is 2.45 bits per heavy atom. The Bertz CT molecular complexity index is 191. The Morgan fingerprint density at radius 3 is 2.82 bits per heavy atom. The van der Waals surface area contributed by atoms with E-state index in [1.54, 1.807) is 0 Å². The highest BCUT2D eigenvalue weighted by Gasteiger charge is 2.35. The summed E-state index contributed by atoms with van der Waals surface area (Å²) < 4.78 is 9.39. The average molecular weight is 159 g/mol. The van der Waals surface area contributed by atoms with Gasteiger partial charge in [-0.1, -0.05) is 0 Å². The fourth-order valence-corrected chi connectivity index (χ4v) is 0.909. The molecule has 0 bridgehead atoms. The molecule has 1 heterocycles. The van der Waals surface area contributed by atoms with Gasteiger partial charge in [0.2, 0.25) is 5.91 Å². The number of cyclic esters (lactones) is 1. The minimum absolute atomic E-state index is 0.120. The van der Waals surface area contributed by atoms with Crippen LogP contribution in [0.2, 0.25) is 0 Å². The number of nitrogens with zero attached hydrogens (tertiary/aromatic N) is 1. The van der Waals surface area contributed by atoms with Gasteiger partial charge in [-0.15, -0.1) is 0 Å². The fraction of sp³-hybridized carbons (Fsp3) is 0.667. The van der Waals surface area contributed by atoms with Gasteiger partial charge in [-0.2, -0.15) is 0 Å². The third-order valence-electron chi connectivity index (χ3n) is 1.45. The Labute approximate surface area is 63.9 Å². The molecule has 0 saturated carbocycles. The zero-order chi connectivity index (χ0) is 8.43. The number of rotatable bonds is 1. The van der Waals surface area contributed by atoms with Crippen molar-refractivity contribution in [1.82, 2.24) is 4.90 Å². The maximum Gasteiger partial charge on any atom is 0.418 e. The van der Waals surface area contributed by atoms with E-state index in [9.17, 15) is 9.59 Å². The number of carbonyl (C=O) groups is 2. The van der Waals surface area contributed by atoms with Crippen LogP contribution in [0.4, 0.5) is 4.79 Å². The molecule has 1 rings (SSSR count). The molecule has 0 aromatic carbocycles. The first-order valence-corrected chi connectivity index (χ1v) is 3.16. The second-order valence-electron chi connectivity index (χ2n) is 2.16. The SMILES string of the molecule is COC1COC(=O)N1C(C)=O. The predicted molar refractivity (Wildman–Crippen MR) is 34.7 cm³/mol. The van der Waals surface area contributed by atoms with Gasteiger partial charge in [0.25, 0.3) is 0 Å². The molecule has 0 aromatic rings. The normalized spacial score (nSPS) is 23.6. The number of hydrogen-bond donors (Lipinski definition) is 0. The van der Waals surface area contributed by atoms with Gasteiger partial charge >= 0.3 is 6.09 Å². The van der Waals surface area contributed by atoms with E-state index >= 15 is 0 Å². The summed E-state index contributed by atoms with van der Waals surface area (Å²) in [6, 6.07) is 0. The van der Waals surface area contributed by atoms with Gasteiger partial charge in [-0.3, -0.25) is 4.79 Å². The van der Waals surface area contributed by atoms with Crippen molar-refractivity contribution in [3.05, 3.63) is 0 Å². The third-order valence-corrected chi connectivity index (χ3v) is 1.45. The molecule has 1 aliphatic rings.